The second-order valence-corrected chi connectivity index (χ2v) is 8.77. The molecule has 1 aliphatic rings. The smallest absolute Gasteiger partial charge is 0.293 e. The lowest BCUT2D eigenvalue weighted by Gasteiger charge is -2.11. The molecule has 31 heavy (non-hydrogen) atoms. The zero-order valence-corrected chi connectivity index (χ0v) is 19.0. The highest BCUT2D eigenvalue weighted by Gasteiger charge is 2.35. The first-order chi connectivity index (χ1) is 15.0. The van der Waals surface area contributed by atoms with Crippen molar-refractivity contribution in [2.24, 2.45) is 0 Å². The number of hydrogen-bond acceptors (Lipinski definition) is 4. The topological polar surface area (TPSA) is 51.5 Å². The molecule has 0 radical (unpaired) electrons. The number of fused-ring (bicyclic) bond motifs is 1. The average molecular weight is 455 g/mol. The van der Waals surface area contributed by atoms with Crippen molar-refractivity contribution in [1.29, 1.82) is 0 Å². The molecule has 4 rings (SSSR count). The quantitative estimate of drug-likeness (QED) is 0.338. The summed E-state index contributed by atoms with van der Waals surface area (Å²) in [5, 5.41) is 1.53. The molecule has 0 bridgehead atoms. The number of benzene rings is 2. The van der Waals surface area contributed by atoms with Gasteiger partial charge >= 0.3 is 0 Å². The Balaban J connectivity index is 1.72. The maximum Gasteiger partial charge on any atom is 0.293 e. The van der Waals surface area contributed by atoms with Gasteiger partial charge in [0.15, 0.2) is 0 Å². The SMILES string of the molecule is COCCCN1C(=O)S/C(=C/c2c(C)n(Cc3ccccc3Cl)c3ccccc23)C1=O. The van der Waals surface area contributed by atoms with Crippen LogP contribution in [0, 0.1) is 6.92 Å². The van der Waals surface area contributed by atoms with Gasteiger partial charge in [-0.1, -0.05) is 48.0 Å². The van der Waals surface area contributed by atoms with E-state index in [0.29, 0.717) is 31.0 Å². The Morgan fingerprint density at radius 3 is 2.61 bits per heavy atom. The Bertz CT molecular complexity index is 1180. The lowest BCUT2D eigenvalue weighted by Crippen LogP contribution is -2.29. The van der Waals surface area contributed by atoms with E-state index >= 15 is 0 Å². The van der Waals surface area contributed by atoms with Crippen molar-refractivity contribution in [3.63, 3.8) is 0 Å². The fourth-order valence-electron chi connectivity index (χ4n) is 3.83. The minimum absolute atomic E-state index is 0.232. The van der Waals surface area contributed by atoms with Gasteiger partial charge in [0, 0.05) is 54.0 Å². The van der Waals surface area contributed by atoms with Crippen LogP contribution in [0.1, 0.15) is 23.2 Å². The van der Waals surface area contributed by atoms with Crippen molar-refractivity contribution in [2.45, 2.75) is 19.9 Å². The molecule has 0 unspecified atom stereocenters. The minimum Gasteiger partial charge on any atom is -0.385 e. The molecular weight excluding hydrogens is 432 g/mol. The molecule has 1 aliphatic heterocycles. The third-order valence-corrected chi connectivity index (χ3v) is 6.72. The fraction of sp³-hybridized carbons (Fsp3) is 0.250. The van der Waals surface area contributed by atoms with Crippen LogP contribution >= 0.6 is 23.4 Å². The van der Waals surface area contributed by atoms with E-state index in [4.69, 9.17) is 16.3 Å². The second kappa shape index (κ2) is 9.30. The summed E-state index contributed by atoms with van der Waals surface area (Å²) >= 11 is 7.40. The summed E-state index contributed by atoms with van der Waals surface area (Å²) in [5.41, 5.74) is 4.06. The highest BCUT2D eigenvalue weighted by Crippen LogP contribution is 2.36. The standard InChI is InChI=1S/C24H23ClN2O3S/c1-16-19(14-22-23(28)26(24(29)31-22)12-7-13-30-2)18-9-4-6-11-21(18)27(16)15-17-8-3-5-10-20(17)25/h3-6,8-11,14H,7,12-13,15H2,1-2H3/b22-14+. The first-order valence-corrected chi connectivity index (χ1v) is 11.3. The number of rotatable bonds is 7. The molecule has 3 aromatic rings. The van der Waals surface area contributed by atoms with Crippen molar-refractivity contribution < 1.29 is 14.3 Å². The predicted molar refractivity (Wildman–Crippen MR) is 126 cm³/mol. The van der Waals surface area contributed by atoms with Crippen LogP contribution in [0.25, 0.3) is 17.0 Å². The number of thioether (sulfide) groups is 1. The Morgan fingerprint density at radius 2 is 1.84 bits per heavy atom. The van der Waals surface area contributed by atoms with E-state index in [1.165, 1.54) is 4.90 Å². The van der Waals surface area contributed by atoms with Crippen LogP contribution in [-0.4, -0.2) is 40.9 Å². The first-order valence-electron chi connectivity index (χ1n) is 10.1. The Labute approximate surface area is 190 Å². The molecule has 2 amide bonds. The van der Waals surface area contributed by atoms with Crippen LogP contribution < -0.4 is 0 Å². The third-order valence-electron chi connectivity index (χ3n) is 5.45. The summed E-state index contributed by atoms with van der Waals surface area (Å²) in [4.78, 5) is 27.0. The van der Waals surface area contributed by atoms with E-state index in [2.05, 4.69) is 10.6 Å². The normalized spacial score (nSPS) is 15.6. The van der Waals surface area contributed by atoms with Gasteiger partial charge in [-0.15, -0.1) is 0 Å². The van der Waals surface area contributed by atoms with E-state index in [0.717, 1.165) is 44.5 Å². The van der Waals surface area contributed by atoms with Gasteiger partial charge in [-0.25, -0.2) is 0 Å². The number of methoxy groups -OCH3 is 1. The number of carbonyl (C=O) groups is 2. The molecule has 5 nitrogen and oxygen atoms in total. The maximum absolute atomic E-state index is 12.9. The Kier molecular flexibility index (Phi) is 6.51. The number of amides is 2. The van der Waals surface area contributed by atoms with Gasteiger partial charge in [0.25, 0.3) is 11.1 Å². The zero-order valence-electron chi connectivity index (χ0n) is 17.4. The monoisotopic (exact) mass is 454 g/mol. The highest BCUT2D eigenvalue weighted by molar-refractivity contribution is 8.18. The molecule has 0 spiro atoms. The van der Waals surface area contributed by atoms with Crippen LogP contribution in [0.15, 0.2) is 53.4 Å². The predicted octanol–water partition coefficient (Wildman–Crippen LogP) is 5.72. The van der Waals surface area contributed by atoms with Crippen LogP contribution in [0.2, 0.25) is 5.02 Å². The van der Waals surface area contributed by atoms with Gasteiger partial charge in [-0.2, -0.15) is 0 Å². The average Bonchev–Trinajstić information content (AvgIpc) is 3.18. The van der Waals surface area contributed by atoms with E-state index in [1.54, 1.807) is 7.11 Å². The van der Waals surface area contributed by atoms with Crippen LogP contribution in [0.3, 0.4) is 0 Å². The van der Waals surface area contributed by atoms with Crippen LogP contribution in [0.5, 0.6) is 0 Å². The van der Waals surface area contributed by atoms with Crippen molar-refractivity contribution in [1.82, 2.24) is 9.47 Å². The van der Waals surface area contributed by atoms with E-state index < -0.39 is 0 Å². The number of carbonyl (C=O) groups excluding carboxylic acids is 2. The van der Waals surface area contributed by atoms with Gasteiger partial charge in [-0.3, -0.25) is 14.5 Å². The molecule has 1 fully saturated rings. The summed E-state index contributed by atoms with van der Waals surface area (Å²) < 4.78 is 7.24. The fourth-order valence-corrected chi connectivity index (χ4v) is 4.87. The molecular formula is C24H23ClN2O3S. The summed E-state index contributed by atoms with van der Waals surface area (Å²) in [5.74, 6) is -0.242. The molecule has 0 atom stereocenters. The van der Waals surface area contributed by atoms with E-state index in [1.807, 2.05) is 55.5 Å². The van der Waals surface area contributed by atoms with Crippen LogP contribution in [0.4, 0.5) is 4.79 Å². The summed E-state index contributed by atoms with van der Waals surface area (Å²) in [7, 11) is 1.61. The molecule has 1 saturated heterocycles. The van der Waals surface area contributed by atoms with Gasteiger partial charge < -0.3 is 9.30 Å². The molecule has 2 heterocycles. The third kappa shape index (κ3) is 4.28. The molecule has 1 aromatic heterocycles. The van der Waals surface area contributed by atoms with Gasteiger partial charge in [-0.05, 0) is 48.9 Å². The number of ether oxygens (including phenoxy) is 1. The van der Waals surface area contributed by atoms with E-state index in [9.17, 15) is 9.59 Å². The largest absolute Gasteiger partial charge is 0.385 e. The molecule has 160 valence electrons. The first kappa shape index (κ1) is 21.7. The van der Waals surface area contributed by atoms with Crippen molar-refractivity contribution in [3.05, 3.63) is 75.3 Å². The van der Waals surface area contributed by atoms with E-state index in [-0.39, 0.29) is 11.1 Å². The molecule has 0 N–H and O–H groups in total. The number of hydrogen-bond donors (Lipinski definition) is 0. The van der Waals surface area contributed by atoms with Crippen molar-refractivity contribution >= 4 is 51.5 Å². The number of para-hydroxylation sites is 1. The van der Waals surface area contributed by atoms with Gasteiger partial charge in [0.1, 0.15) is 0 Å². The zero-order chi connectivity index (χ0) is 22.0. The number of imide groups is 1. The minimum atomic E-state index is -0.242. The maximum atomic E-state index is 12.9. The molecule has 0 aliphatic carbocycles. The summed E-state index contributed by atoms with van der Waals surface area (Å²) in [6, 6.07) is 15.9. The van der Waals surface area contributed by atoms with Crippen molar-refractivity contribution in [2.75, 3.05) is 20.3 Å². The van der Waals surface area contributed by atoms with Crippen LogP contribution in [-0.2, 0) is 16.1 Å². The summed E-state index contributed by atoms with van der Waals surface area (Å²) in [6.07, 6.45) is 2.47. The van der Waals surface area contributed by atoms with Gasteiger partial charge in [0.05, 0.1) is 4.91 Å². The molecule has 0 saturated carbocycles. The summed E-state index contributed by atoms with van der Waals surface area (Å²) in [6.45, 7) is 3.53. The highest BCUT2D eigenvalue weighted by atomic mass is 35.5. The lowest BCUT2D eigenvalue weighted by atomic mass is 10.1. The Morgan fingerprint density at radius 1 is 1.10 bits per heavy atom. The van der Waals surface area contributed by atoms with Gasteiger partial charge in [0.2, 0.25) is 0 Å². The van der Waals surface area contributed by atoms with Crippen molar-refractivity contribution in [3.8, 4) is 0 Å². The number of halogens is 1. The molecule has 7 heteroatoms. The Hall–Kier alpha value is -2.54. The lowest BCUT2D eigenvalue weighted by molar-refractivity contribution is -0.122. The second-order valence-electron chi connectivity index (χ2n) is 7.37. The number of nitrogens with zero attached hydrogens (tertiary/aromatic N) is 2. The number of aromatic nitrogens is 1. The molecule has 2 aromatic carbocycles.